The van der Waals surface area contributed by atoms with Gasteiger partial charge in [-0.15, -0.1) is 0 Å². The molecule has 0 aromatic carbocycles. The van der Waals surface area contributed by atoms with Crippen LogP contribution < -0.4 is 5.32 Å². The number of likely N-dealkylation sites (tertiary alicyclic amines) is 1. The second-order valence-corrected chi connectivity index (χ2v) is 7.07. The molecule has 4 rings (SSSR count). The van der Waals surface area contributed by atoms with Gasteiger partial charge < -0.3 is 9.84 Å². The summed E-state index contributed by atoms with van der Waals surface area (Å²) in [6, 6.07) is 4.93. The molecule has 1 saturated carbocycles. The second kappa shape index (κ2) is 6.99. The molecule has 6 heteroatoms. The minimum absolute atomic E-state index is 0.315. The molecule has 1 N–H and O–H groups in total. The number of piperidine rings is 1. The minimum atomic E-state index is 0.315. The highest BCUT2D eigenvalue weighted by Crippen LogP contribution is 2.38. The summed E-state index contributed by atoms with van der Waals surface area (Å²) in [4.78, 5) is 11.2. The zero-order chi connectivity index (χ0) is 16.4. The fraction of sp³-hybridized carbons (Fsp3) is 0.611. The molecule has 0 spiro atoms. The highest BCUT2D eigenvalue weighted by Gasteiger charge is 2.30. The Balaban J connectivity index is 1.31. The van der Waals surface area contributed by atoms with Gasteiger partial charge in [-0.3, -0.25) is 9.88 Å². The number of hydrogen-bond donors (Lipinski definition) is 1. The van der Waals surface area contributed by atoms with Crippen molar-refractivity contribution in [2.24, 2.45) is 0 Å². The molecule has 1 aliphatic heterocycles. The molecule has 2 fully saturated rings. The van der Waals surface area contributed by atoms with E-state index < -0.39 is 0 Å². The number of pyridine rings is 1. The van der Waals surface area contributed by atoms with Gasteiger partial charge in [0.2, 0.25) is 5.89 Å². The van der Waals surface area contributed by atoms with Gasteiger partial charge in [-0.05, 0) is 50.8 Å². The van der Waals surface area contributed by atoms with E-state index in [0.29, 0.717) is 18.0 Å². The van der Waals surface area contributed by atoms with E-state index in [1.807, 2.05) is 18.5 Å². The Labute approximate surface area is 142 Å². The Morgan fingerprint density at radius 2 is 2.29 bits per heavy atom. The summed E-state index contributed by atoms with van der Waals surface area (Å²) in [5.41, 5.74) is 1.24. The second-order valence-electron chi connectivity index (χ2n) is 7.07. The van der Waals surface area contributed by atoms with Crippen LogP contribution in [0.5, 0.6) is 0 Å². The van der Waals surface area contributed by atoms with Crippen molar-refractivity contribution in [1.82, 2.24) is 25.3 Å². The zero-order valence-electron chi connectivity index (χ0n) is 14.2. The maximum atomic E-state index is 5.37. The van der Waals surface area contributed by atoms with Gasteiger partial charge >= 0.3 is 0 Å². The molecular weight excluding hydrogens is 302 g/mol. The van der Waals surface area contributed by atoms with Gasteiger partial charge in [0.15, 0.2) is 5.82 Å². The van der Waals surface area contributed by atoms with Crippen LogP contribution in [0, 0.1) is 0 Å². The summed E-state index contributed by atoms with van der Waals surface area (Å²) >= 11 is 0. The highest BCUT2D eigenvalue weighted by atomic mass is 16.5. The van der Waals surface area contributed by atoms with Crippen molar-refractivity contribution >= 4 is 0 Å². The predicted molar refractivity (Wildman–Crippen MR) is 90.4 cm³/mol. The molecule has 0 radical (unpaired) electrons. The number of aromatic nitrogens is 3. The first kappa shape index (κ1) is 15.7. The van der Waals surface area contributed by atoms with E-state index in [1.165, 1.54) is 31.2 Å². The molecule has 0 amide bonds. The van der Waals surface area contributed by atoms with Crippen molar-refractivity contribution < 1.29 is 4.52 Å². The van der Waals surface area contributed by atoms with Gasteiger partial charge in [-0.1, -0.05) is 11.2 Å². The lowest BCUT2D eigenvalue weighted by Crippen LogP contribution is -2.46. The van der Waals surface area contributed by atoms with Gasteiger partial charge in [-0.25, -0.2) is 0 Å². The maximum absolute atomic E-state index is 5.37. The highest BCUT2D eigenvalue weighted by molar-refractivity contribution is 5.13. The average molecular weight is 327 g/mol. The summed E-state index contributed by atoms with van der Waals surface area (Å²) in [6.07, 6.45) is 8.56. The summed E-state index contributed by atoms with van der Waals surface area (Å²) in [5, 5.41) is 7.89. The fourth-order valence-corrected chi connectivity index (χ4v) is 3.44. The monoisotopic (exact) mass is 327 g/mol. The van der Waals surface area contributed by atoms with E-state index >= 15 is 0 Å². The molecule has 3 heterocycles. The molecule has 6 nitrogen and oxygen atoms in total. The Bertz CT molecular complexity index is 654. The van der Waals surface area contributed by atoms with E-state index in [-0.39, 0.29) is 0 Å². The smallest absolute Gasteiger partial charge is 0.229 e. The first-order chi connectivity index (χ1) is 11.8. The van der Waals surface area contributed by atoms with Crippen molar-refractivity contribution in [3.8, 4) is 0 Å². The lowest BCUT2D eigenvalue weighted by molar-refractivity contribution is 0.172. The van der Waals surface area contributed by atoms with E-state index in [1.54, 1.807) is 0 Å². The Morgan fingerprint density at radius 3 is 3.08 bits per heavy atom. The SMILES string of the molecule is C[C@H](N[C@H]1CCCN(Cc2noc(C3CC3)n2)C1)c1cccnc1. The van der Waals surface area contributed by atoms with Crippen LogP contribution in [-0.2, 0) is 6.54 Å². The Morgan fingerprint density at radius 1 is 1.38 bits per heavy atom. The van der Waals surface area contributed by atoms with E-state index in [4.69, 9.17) is 4.52 Å². The van der Waals surface area contributed by atoms with Crippen LogP contribution in [0.25, 0.3) is 0 Å². The van der Waals surface area contributed by atoms with Crippen LogP contribution in [-0.4, -0.2) is 39.2 Å². The molecule has 24 heavy (non-hydrogen) atoms. The van der Waals surface area contributed by atoms with Gasteiger partial charge in [-0.2, -0.15) is 4.98 Å². The van der Waals surface area contributed by atoms with Gasteiger partial charge in [0.05, 0.1) is 6.54 Å². The standard InChI is InChI=1S/C18H25N5O/c1-13(15-4-2-8-19-10-15)20-16-5-3-9-23(11-16)12-17-21-18(24-22-17)14-6-7-14/h2,4,8,10,13-14,16,20H,3,5-7,9,11-12H2,1H3/t13-,16-/m0/s1. The van der Waals surface area contributed by atoms with Gasteiger partial charge in [0, 0.05) is 36.9 Å². The van der Waals surface area contributed by atoms with Crippen LogP contribution in [0.4, 0.5) is 0 Å². The minimum Gasteiger partial charge on any atom is -0.339 e. The molecule has 2 aromatic rings. The Kier molecular flexibility index (Phi) is 4.58. The summed E-state index contributed by atoms with van der Waals surface area (Å²) < 4.78 is 5.37. The van der Waals surface area contributed by atoms with Gasteiger partial charge in [0.1, 0.15) is 0 Å². The van der Waals surface area contributed by atoms with Crippen molar-refractivity contribution in [1.29, 1.82) is 0 Å². The molecule has 1 aliphatic carbocycles. The van der Waals surface area contributed by atoms with Crippen molar-refractivity contribution in [3.63, 3.8) is 0 Å². The Hall–Kier alpha value is -1.79. The lowest BCUT2D eigenvalue weighted by Gasteiger charge is -2.34. The number of hydrogen-bond acceptors (Lipinski definition) is 6. The lowest BCUT2D eigenvalue weighted by atomic mass is 10.0. The van der Waals surface area contributed by atoms with Crippen LogP contribution >= 0.6 is 0 Å². The van der Waals surface area contributed by atoms with Crippen LogP contribution in [0.2, 0.25) is 0 Å². The first-order valence-electron chi connectivity index (χ1n) is 8.99. The molecular formula is C18H25N5O. The maximum Gasteiger partial charge on any atom is 0.229 e. The normalized spacial score (nSPS) is 23.3. The van der Waals surface area contributed by atoms with Crippen LogP contribution in [0.15, 0.2) is 29.0 Å². The van der Waals surface area contributed by atoms with Gasteiger partial charge in [0.25, 0.3) is 0 Å². The fourth-order valence-electron chi connectivity index (χ4n) is 3.44. The predicted octanol–water partition coefficient (Wildman–Crippen LogP) is 2.66. The van der Waals surface area contributed by atoms with E-state index in [2.05, 4.69) is 38.3 Å². The molecule has 2 atom stereocenters. The van der Waals surface area contributed by atoms with Crippen LogP contribution in [0.1, 0.15) is 61.8 Å². The number of nitrogens with one attached hydrogen (secondary N) is 1. The third-order valence-electron chi connectivity index (χ3n) is 4.95. The molecule has 0 bridgehead atoms. The molecule has 128 valence electrons. The average Bonchev–Trinajstić information content (AvgIpc) is 3.36. The van der Waals surface area contributed by atoms with Crippen molar-refractivity contribution in [3.05, 3.63) is 41.8 Å². The third-order valence-corrected chi connectivity index (χ3v) is 4.95. The van der Waals surface area contributed by atoms with Crippen LogP contribution in [0.3, 0.4) is 0 Å². The largest absolute Gasteiger partial charge is 0.339 e. The quantitative estimate of drug-likeness (QED) is 0.880. The zero-order valence-corrected chi connectivity index (χ0v) is 14.2. The van der Waals surface area contributed by atoms with E-state index in [9.17, 15) is 0 Å². The summed E-state index contributed by atoms with van der Waals surface area (Å²) in [6.45, 7) is 5.12. The molecule has 2 aromatic heterocycles. The van der Waals surface area contributed by atoms with E-state index in [0.717, 1.165) is 31.3 Å². The molecule has 0 unspecified atom stereocenters. The van der Waals surface area contributed by atoms with Crippen molar-refractivity contribution in [2.75, 3.05) is 13.1 Å². The first-order valence-corrected chi connectivity index (χ1v) is 8.99. The summed E-state index contributed by atoms with van der Waals surface area (Å²) in [7, 11) is 0. The number of nitrogens with zero attached hydrogens (tertiary/aromatic N) is 4. The molecule has 1 saturated heterocycles. The van der Waals surface area contributed by atoms with Crippen molar-refractivity contribution in [2.45, 2.75) is 57.2 Å². The molecule has 2 aliphatic rings. The third kappa shape index (κ3) is 3.82. The summed E-state index contributed by atoms with van der Waals surface area (Å²) in [5.74, 6) is 2.20. The topological polar surface area (TPSA) is 67.1 Å². The number of rotatable bonds is 6.